The van der Waals surface area contributed by atoms with Gasteiger partial charge in [-0.1, -0.05) is 12.1 Å². The first-order valence-corrected chi connectivity index (χ1v) is 7.47. The zero-order chi connectivity index (χ0) is 15.5. The number of carbonyl (C=O) groups excluding carboxylic acids is 2. The SMILES string of the molecule is COc1ccc(C(NC(=O)C2=NNC(=O)CC2)C2CC2)cc1. The molecular weight excluding hydrogens is 282 g/mol. The number of rotatable bonds is 5. The van der Waals surface area contributed by atoms with Crippen LogP contribution in [0.15, 0.2) is 29.4 Å². The third-order valence-electron chi connectivity index (χ3n) is 4.02. The highest BCUT2D eigenvalue weighted by molar-refractivity contribution is 6.39. The van der Waals surface area contributed by atoms with Crippen molar-refractivity contribution in [1.82, 2.24) is 10.7 Å². The van der Waals surface area contributed by atoms with Gasteiger partial charge in [0.25, 0.3) is 5.91 Å². The number of nitrogens with one attached hydrogen (secondary N) is 2. The van der Waals surface area contributed by atoms with Gasteiger partial charge in [0.2, 0.25) is 5.91 Å². The van der Waals surface area contributed by atoms with E-state index in [2.05, 4.69) is 15.8 Å². The predicted molar refractivity (Wildman–Crippen MR) is 81.4 cm³/mol. The fourth-order valence-corrected chi connectivity index (χ4v) is 2.58. The minimum absolute atomic E-state index is 0.0151. The maximum atomic E-state index is 12.3. The lowest BCUT2D eigenvalue weighted by molar-refractivity contribution is -0.121. The average Bonchev–Trinajstić information content (AvgIpc) is 3.38. The molecule has 1 unspecified atom stereocenters. The number of ether oxygens (including phenoxy) is 1. The van der Waals surface area contributed by atoms with Crippen LogP contribution in [0.4, 0.5) is 0 Å². The van der Waals surface area contributed by atoms with Crippen molar-refractivity contribution < 1.29 is 14.3 Å². The first kappa shape index (κ1) is 14.6. The van der Waals surface area contributed by atoms with Crippen molar-refractivity contribution in [1.29, 1.82) is 0 Å². The molecule has 1 atom stereocenters. The molecule has 1 fully saturated rings. The molecule has 1 saturated carbocycles. The van der Waals surface area contributed by atoms with Gasteiger partial charge >= 0.3 is 0 Å². The quantitative estimate of drug-likeness (QED) is 0.865. The van der Waals surface area contributed by atoms with Gasteiger partial charge in [-0.25, -0.2) is 5.43 Å². The fraction of sp³-hybridized carbons (Fsp3) is 0.438. The van der Waals surface area contributed by atoms with E-state index in [9.17, 15) is 9.59 Å². The maximum Gasteiger partial charge on any atom is 0.267 e. The van der Waals surface area contributed by atoms with Crippen molar-refractivity contribution >= 4 is 17.5 Å². The number of hydrogen-bond acceptors (Lipinski definition) is 4. The first-order valence-electron chi connectivity index (χ1n) is 7.47. The van der Waals surface area contributed by atoms with Gasteiger partial charge in [-0.05, 0) is 36.5 Å². The summed E-state index contributed by atoms with van der Waals surface area (Å²) in [6, 6.07) is 7.74. The fourth-order valence-electron chi connectivity index (χ4n) is 2.58. The average molecular weight is 301 g/mol. The van der Waals surface area contributed by atoms with Crippen LogP contribution in [0, 0.1) is 5.92 Å². The van der Waals surface area contributed by atoms with Crippen molar-refractivity contribution in [3.8, 4) is 5.75 Å². The van der Waals surface area contributed by atoms with Crippen LogP contribution in [0.1, 0.15) is 37.3 Å². The Hall–Kier alpha value is -2.37. The third kappa shape index (κ3) is 3.27. The second-order valence-electron chi connectivity index (χ2n) is 5.66. The molecule has 1 aromatic carbocycles. The lowest BCUT2D eigenvalue weighted by atomic mass is 10.0. The molecule has 0 radical (unpaired) electrons. The molecule has 0 saturated heterocycles. The molecule has 6 heteroatoms. The molecule has 22 heavy (non-hydrogen) atoms. The minimum Gasteiger partial charge on any atom is -0.497 e. The number of nitrogens with zero attached hydrogens (tertiary/aromatic N) is 1. The van der Waals surface area contributed by atoms with Crippen LogP contribution in [0.5, 0.6) is 5.75 Å². The summed E-state index contributed by atoms with van der Waals surface area (Å²) >= 11 is 0. The molecule has 0 aromatic heterocycles. The highest BCUT2D eigenvalue weighted by Gasteiger charge is 2.34. The molecule has 1 aliphatic carbocycles. The monoisotopic (exact) mass is 301 g/mol. The first-order chi connectivity index (χ1) is 10.7. The summed E-state index contributed by atoms with van der Waals surface area (Å²) < 4.78 is 5.16. The van der Waals surface area contributed by atoms with E-state index in [1.54, 1.807) is 7.11 Å². The molecule has 2 aliphatic rings. The number of hydrogen-bond donors (Lipinski definition) is 2. The van der Waals surface area contributed by atoms with Crippen molar-refractivity contribution in [2.45, 2.75) is 31.7 Å². The third-order valence-corrected chi connectivity index (χ3v) is 4.02. The molecule has 0 bridgehead atoms. The summed E-state index contributed by atoms with van der Waals surface area (Å²) in [5.74, 6) is 0.915. The van der Waals surface area contributed by atoms with E-state index >= 15 is 0 Å². The second kappa shape index (κ2) is 6.17. The van der Waals surface area contributed by atoms with Crippen molar-refractivity contribution in [2.24, 2.45) is 11.0 Å². The van der Waals surface area contributed by atoms with Crippen molar-refractivity contribution in [3.63, 3.8) is 0 Å². The van der Waals surface area contributed by atoms with E-state index in [4.69, 9.17) is 4.74 Å². The van der Waals surface area contributed by atoms with Crippen LogP contribution in [0.3, 0.4) is 0 Å². The molecule has 2 N–H and O–H groups in total. The Labute approximate surface area is 128 Å². The standard InChI is InChI=1S/C16H19N3O3/c1-22-12-6-4-11(5-7-12)15(10-2-3-10)17-16(21)13-8-9-14(20)19-18-13/h4-7,10,15H,2-3,8-9H2,1H3,(H,17,21)(H,19,20). The van der Waals surface area contributed by atoms with Crippen LogP contribution in [0.2, 0.25) is 0 Å². The van der Waals surface area contributed by atoms with Crippen LogP contribution in [-0.2, 0) is 9.59 Å². The summed E-state index contributed by atoms with van der Waals surface area (Å²) in [5.41, 5.74) is 3.81. The number of hydrazone groups is 1. The molecule has 1 aliphatic heterocycles. The van der Waals surface area contributed by atoms with Gasteiger partial charge in [0.15, 0.2) is 0 Å². The maximum absolute atomic E-state index is 12.3. The topological polar surface area (TPSA) is 79.8 Å². The summed E-state index contributed by atoms with van der Waals surface area (Å²) in [6.45, 7) is 0. The molecule has 2 amide bonds. The Kier molecular flexibility index (Phi) is 4.09. The van der Waals surface area contributed by atoms with Crippen LogP contribution < -0.4 is 15.5 Å². The lowest BCUT2D eigenvalue weighted by Gasteiger charge is -2.20. The molecule has 1 aromatic rings. The molecule has 6 nitrogen and oxygen atoms in total. The Morgan fingerprint density at radius 1 is 1.32 bits per heavy atom. The van der Waals surface area contributed by atoms with Gasteiger partial charge in [0, 0.05) is 12.8 Å². The largest absolute Gasteiger partial charge is 0.497 e. The molecule has 3 rings (SSSR count). The van der Waals surface area contributed by atoms with E-state index in [1.807, 2.05) is 24.3 Å². The van der Waals surface area contributed by atoms with E-state index in [0.717, 1.165) is 24.2 Å². The second-order valence-corrected chi connectivity index (χ2v) is 5.66. The van der Waals surface area contributed by atoms with Crippen LogP contribution in [0.25, 0.3) is 0 Å². The van der Waals surface area contributed by atoms with E-state index < -0.39 is 0 Å². The zero-order valence-corrected chi connectivity index (χ0v) is 12.5. The van der Waals surface area contributed by atoms with E-state index in [0.29, 0.717) is 24.5 Å². The van der Waals surface area contributed by atoms with Crippen LogP contribution in [-0.4, -0.2) is 24.6 Å². The van der Waals surface area contributed by atoms with Gasteiger partial charge in [0.1, 0.15) is 11.5 Å². The molecular formula is C16H19N3O3. The molecule has 116 valence electrons. The van der Waals surface area contributed by atoms with Gasteiger partial charge in [-0.15, -0.1) is 0 Å². The highest BCUT2D eigenvalue weighted by Crippen LogP contribution is 2.41. The minimum atomic E-state index is -0.201. The smallest absolute Gasteiger partial charge is 0.267 e. The Balaban J connectivity index is 1.71. The van der Waals surface area contributed by atoms with Crippen LogP contribution >= 0.6 is 0 Å². The lowest BCUT2D eigenvalue weighted by Crippen LogP contribution is -2.39. The van der Waals surface area contributed by atoms with Gasteiger partial charge in [-0.2, -0.15) is 5.10 Å². The summed E-state index contributed by atoms with van der Waals surface area (Å²) in [5, 5.41) is 6.90. The Morgan fingerprint density at radius 2 is 2.05 bits per heavy atom. The number of methoxy groups -OCH3 is 1. The van der Waals surface area contributed by atoms with Crippen molar-refractivity contribution in [2.75, 3.05) is 7.11 Å². The van der Waals surface area contributed by atoms with E-state index in [-0.39, 0.29) is 17.9 Å². The van der Waals surface area contributed by atoms with E-state index in [1.165, 1.54) is 0 Å². The molecule has 0 spiro atoms. The van der Waals surface area contributed by atoms with Gasteiger partial charge < -0.3 is 10.1 Å². The summed E-state index contributed by atoms with van der Waals surface area (Å²) in [6.07, 6.45) is 2.92. The molecule has 1 heterocycles. The Bertz CT molecular complexity index is 606. The number of benzene rings is 1. The summed E-state index contributed by atoms with van der Waals surface area (Å²) in [4.78, 5) is 23.4. The predicted octanol–water partition coefficient (Wildman–Crippen LogP) is 1.53. The summed E-state index contributed by atoms with van der Waals surface area (Å²) in [7, 11) is 1.63. The normalized spacial score (nSPS) is 19.0. The zero-order valence-electron chi connectivity index (χ0n) is 12.5. The highest BCUT2D eigenvalue weighted by atomic mass is 16.5. The number of amides is 2. The Morgan fingerprint density at radius 3 is 2.59 bits per heavy atom. The number of carbonyl (C=O) groups is 2. The van der Waals surface area contributed by atoms with Gasteiger partial charge in [-0.3, -0.25) is 9.59 Å². The van der Waals surface area contributed by atoms with Crippen molar-refractivity contribution in [3.05, 3.63) is 29.8 Å². The van der Waals surface area contributed by atoms with Gasteiger partial charge in [0.05, 0.1) is 13.2 Å².